The van der Waals surface area contributed by atoms with E-state index >= 15 is 0 Å². The topological polar surface area (TPSA) is 81.2 Å². The SMILES string of the molecule is CCCOc1ccnc(NCC2CCCS2(=O)=O)n1. The van der Waals surface area contributed by atoms with E-state index in [-0.39, 0.29) is 5.25 Å². The van der Waals surface area contributed by atoms with Crippen LogP contribution in [0.4, 0.5) is 5.95 Å². The van der Waals surface area contributed by atoms with Crippen LogP contribution in [0.25, 0.3) is 0 Å². The minimum Gasteiger partial charge on any atom is -0.478 e. The molecule has 0 radical (unpaired) electrons. The zero-order valence-electron chi connectivity index (χ0n) is 11.0. The van der Waals surface area contributed by atoms with Crippen molar-refractivity contribution in [3.63, 3.8) is 0 Å². The van der Waals surface area contributed by atoms with E-state index in [1.807, 2.05) is 6.92 Å². The molecule has 106 valence electrons. The lowest BCUT2D eigenvalue weighted by Crippen LogP contribution is -2.25. The lowest BCUT2D eigenvalue weighted by atomic mass is 10.2. The molecule has 7 heteroatoms. The fourth-order valence-electron chi connectivity index (χ4n) is 2.01. The van der Waals surface area contributed by atoms with E-state index in [2.05, 4.69) is 15.3 Å². The van der Waals surface area contributed by atoms with Gasteiger partial charge in [0.1, 0.15) is 0 Å². The molecule has 1 aliphatic heterocycles. The molecule has 2 heterocycles. The maximum atomic E-state index is 11.7. The van der Waals surface area contributed by atoms with Gasteiger partial charge in [0.05, 0.1) is 17.6 Å². The van der Waals surface area contributed by atoms with Gasteiger partial charge in [0.2, 0.25) is 11.8 Å². The van der Waals surface area contributed by atoms with Gasteiger partial charge in [-0.15, -0.1) is 0 Å². The zero-order valence-corrected chi connectivity index (χ0v) is 11.8. The lowest BCUT2D eigenvalue weighted by Gasteiger charge is -2.11. The van der Waals surface area contributed by atoms with E-state index in [4.69, 9.17) is 4.74 Å². The van der Waals surface area contributed by atoms with E-state index in [0.717, 1.165) is 12.8 Å². The first-order chi connectivity index (χ1) is 9.12. The van der Waals surface area contributed by atoms with Crippen molar-refractivity contribution in [2.45, 2.75) is 31.4 Å². The fraction of sp³-hybridized carbons (Fsp3) is 0.667. The molecule has 2 rings (SSSR count). The molecule has 1 fully saturated rings. The Bertz CT molecular complexity index is 519. The van der Waals surface area contributed by atoms with Crippen LogP contribution in [0.15, 0.2) is 12.3 Å². The Morgan fingerprint density at radius 1 is 1.53 bits per heavy atom. The van der Waals surface area contributed by atoms with Crippen LogP contribution in [0.5, 0.6) is 5.88 Å². The van der Waals surface area contributed by atoms with Crippen molar-refractivity contribution in [1.82, 2.24) is 9.97 Å². The fourth-order valence-corrected chi connectivity index (χ4v) is 3.77. The molecule has 1 saturated heterocycles. The maximum absolute atomic E-state index is 11.7. The number of aromatic nitrogens is 2. The van der Waals surface area contributed by atoms with Gasteiger partial charge in [-0.2, -0.15) is 4.98 Å². The van der Waals surface area contributed by atoms with Gasteiger partial charge >= 0.3 is 0 Å². The summed E-state index contributed by atoms with van der Waals surface area (Å²) >= 11 is 0. The highest BCUT2D eigenvalue weighted by Gasteiger charge is 2.30. The van der Waals surface area contributed by atoms with Gasteiger partial charge in [-0.05, 0) is 19.3 Å². The number of nitrogens with one attached hydrogen (secondary N) is 1. The second-order valence-corrected chi connectivity index (χ2v) is 6.98. The maximum Gasteiger partial charge on any atom is 0.225 e. The summed E-state index contributed by atoms with van der Waals surface area (Å²) in [6, 6.07) is 1.69. The van der Waals surface area contributed by atoms with Crippen molar-refractivity contribution < 1.29 is 13.2 Å². The summed E-state index contributed by atoms with van der Waals surface area (Å²) in [6.45, 7) is 2.98. The molecule has 0 spiro atoms. The molecule has 0 amide bonds. The molecule has 0 aromatic carbocycles. The molecule has 1 aromatic rings. The van der Waals surface area contributed by atoms with Crippen LogP contribution in [0.1, 0.15) is 26.2 Å². The van der Waals surface area contributed by atoms with Crippen LogP contribution in [-0.2, 0) is 9.84 Å². The van der Waals surface area contributed by atoms with Crippen LogP contribution in [-0.4, -0.2) is 42.5 Å². The van der Waals surface area contributed by atoms with Crippen molar-refractivity contribution in [3.8, 4) is 5.88 Å². The standard InChI is InChI=1S/C12H19N3O3S/c1-2-7-18-11-5-6-13-12(15-11)14-9-10-4-3-8-19(10,16)17/h5-6,10H,2-4,7-9H2,1H3,(H,13,14,15). The summed E-state index contributed by atoms with van der Waals surface area (Å²) in [5.74, 6) is 1.21. The van der Waals surface area contributed by atoms with Crippen molar-refractivity contribution in [3.05, 3.63) is 12.3 Å². The molecule has 1 aliphatic rings. The summed E-state index contributed by atoms with van der Waals surface area (Å²) in [7, 11) is -2.93. The first-order valence-corrected chi connectivity index (χ1v) is 8.24. The molecule has 0 saturated carbocycles. The second kappa shape index (κ2) is 6.18. The van der Waals surface area contributed by atoms with Crippen LogP contribution in [0, 0.1) is 0 Å². The smallest absolute Gasteiger partial charge is 0.225 e. The van der Waals surface area contributed by atoms with Gasteiger partial charge in [-0.1, -0.05) is 6.92 Å². The Hall–Kier alpha value is -1.37. The van der Waals surface area contributed by atoms with Crippen LogP contribution in [0.2, 0.25) is 0 Å². The van der Waals surface area contributed by atoms with Gasteiger partial charge in [0.15, 0.2) is 9.84 Å². The molecule has 1 N–H and O–H groups in total. The Morgan fingerprint density at radius 3 is 3.05 bits per heavy atom. The van der Waals surface area contributed by atoms with Crippen LogP contribution >= 0.6 is 0 Å². The average Bonchev–Trinajstić information content (AvgIpc) is 2.73. The minimum atomic E-state index is -2.93. The number of rotatable bonds is 6. The lowest BCUT2D eigenvalue weighted by molar-refractivity contribution is 0.305. The Kier molecular flexibility index (Phi) is 4.57. The highest BCUT2D eigenvalue weighted by Crippen LogP contribution is 2.20. The Balaban J connectivity index is 1.92. The number of ether oxygens (including phenoxy) is 1. The largest absolute Gasteiger partial charge is 0.478 e. The summed E-state index contributed by atoms with van der Waals surface area (Å²) in [5.41, 5.74) is 0. The number of hydrogen-bond donors (Lipinski definition) is 1. The second-order valence-electron chi connectivity index (χ2n) is 4.58. The quantitative estimate of drug-likeness (QED) is 0.847. The summed E-state index contributed by atoms with van der Waals surface area (Å²) in [5, 5.41) is 2.65. The van der Waals surface area contributed by atoms with Crippen molar-refractivity contribution >= 4 is 15.8 Å². The highest BCUT2D eigenvalue weighted by molar-refractivity contribution is 7.92. The van der Waals surface area contributed by atoms with E-state index in [1.54, 1.807) is 12.3 Å². The van der Waals surface area contributed by atoms with E-state index < -0.39 is 9.84 Å². The van der Waals surface area contributed by atoms with Gasteiger partial charge in [0, 0.05) is 18.8 Å². The van der Waals surface area contributed by atoms with Crippen molar-refractivity contribution in [1.29, 1.82) is 0 Å². The molecule has 1 unspecified atom stereocenters. The molecule has 6 nitrogen and oxygen atoms in total. The summed E-state index contributed by atoms with van der Waals surface area (Å²) in [6.07, 6.45) is 3.97. The monoisotopic (exact) mass is 285 g/mol. The van der Waals surface area contributed by atoms with Gasteiger partial charge in [0.25, 0.3) is 0 Å². The van der Waals surface area contributed by atoms with E-state index in [1.165, 1.54) is 0 Å². The molecule has 1 aromatic heterocycles. The van der Waals surface area contributed by atoms with E-state index in [9.17, 15) is 8.42 Å². The van der Waals surface area contributed by atoms with Crippen LogP contribution in [0.3, 0.4) is 0 Å². The summed E-state index contributed by atoms with van der Waals surface area (Å²) < 4.78 is 28.8. The third kappa shape index (κ3) is 3.79. The van der Waals surface area contributed by atoms with Crippen molar-refractivity contribution in [2.75, 3.05) is 24.2 Å². The third-order valence-corrected chi connectivity index (χ3v) is 5.31. The summed E-state index contributed by atoms with van der Waals surface area (Å²) in [4.78, 5) is 8.24. The minimum absolute atomic E-state index is 0.292. The molecular weight excluding hydrogens is 266 g/mol. The predicted octanol–water partition coefficient (Wildman–Crippen LogP) is 1.25. The average molecular weight is 285 g/mol. The first-order valence-electron chi connectivity index (χ1n) is 6.53. The number of anilines is 1. The molecule has 0 bridgehead atoms. The number of nitrogens with zero attached hydrogens (tertiary/aromatic N) is 2. The normalized spacial score (nSPS) is 21.2. The van der Waals surface area contributed by atoms with Gasteiger partial charge in [-0.25, -0.2) is 13.4 Å². The third-order valence-electron chi connectivity index (χ3n) is 3.03. The zero-order chi connectivity index (χ0) is 13.7. The molecule has 19 heavy (non-hydrogen) atoms. The number of hydrogen-bond acceptors (Lipinski definition) is 6. The number of sulfone groups is 1. The molecule has 0 aliphatic carbocycles. The Morgan fingerprint density at radius 2 is 2.37 bits per heavy atom. The first kappa shape index (κ1) is 14.0. The van der Waals surface area contributed by atoms with Crippen molar-refractivity contribution in [2.24, 2.45) is 0 Å². The van der Waals surface area contributed by atoms with Gasteiger partial charge < -0.3 is 10.1 Å². The highest BCUT2D eigenvalue weighted by atomic mass is 32.2. The molecular formula is C12H19N3O3S. The Labute approximate surface area is 113 Å². The van der Waals surface area contributed by atoms with E-state index in [0.29, 0.717) is 37.2 Å². The van der Waals surface area contributed by atoms with Gasteiger partial charge in [-0.3, -0.25) is 0 Å². The van der Waals surface area contributed by atoms with Crippen LogP contribution < -0.4 is 10.1 Å². The molecule has 1 atom stereocenters. The predicted molar refractivity (Wildman–Crippen MR) is 73.1 cm³/mol.